The minimum atomic E-state index is -0.212. The summed E-state index contributed by atoms with van der Waals surface area (Å²) in [6.45, 7) is 3.79. The van der Waals surface area contributed by atoms with Crippen LogP contribution in [0.1, 0.15) is 11.3 Å². The molecule has 0 aliphatic rings. The number of benzene rings is 2. The van der Waals surface area contributed by atoms with Gasteiger partial charge in [-0.25, -0.2) is 0 Å². The van der Waals surface area contributed by atoms with E-state index in [1.165, 1.54) is 11.8 Å². The second-order valence-corrected chi connectivity index (χ2v) is 8.02. The summed E-state index contributed by atoms with van der Waals surface area (Å²) < 4.78 is 6.88. The number of hydrogen-bond acceptors (Lipinski definition) is 6. The second-order valence-electron chi connectivity index (χ2n) is 6.64. The Kier molecular flexibility index (Phi) is 5.87. The van der Waals surface area contributed by atoms with E-state index in [1.807, 2.05) is 60.0 Å². The van der Waals surface area contributed by atoms with E-state index < -0.39 is 0 Å². The maximum Gasteiger partial charge on any atom is 0.236 e. The summed E-state index contributed by atoms with van der Waals surface area (Å²) in [4.78, 5) is 12.3. The maximum absolute atomic E-state index is 12.3. The van der Waals surface area contributed by atoms with Crippen LogP contribution in [0.25, 0.3) is 17.1 Å². The van der Waals surface area contributed by atoms with Crippen LogP contribution in [-0.4, -0.2) is 31.6 Å². The first-order chi connectivity index (χ1) is 14.5. The van der Waals surface area contributed by atoms with Gasteiger partial charge in [-0.05, 0) is 38.1 Å². The molecular weight excluding hydrogens is 422 g/mol. The third-order valence-electron chi connectivity index (χ3n) is 4.26. The molecule has 0 fully saturated rings. The summed E-state index contributed by atoms with van der Waals surface area (Å²) in [7, 11) is 0. The summed E-state index contributed by atoms with van der Waals surface area (Å²) in [5, 5.41) is 16.4. The zero-order valence-electron chi connectivity index (χ0n) is 16.3. The van der Waals surface area contributed by atoms with Crippen molar-refractivity contribution in [3.63, 3.8) is 0 Å². The van der Waals surface area contributed by atoms with Crippen molar-refractivity contribution in [3.05, 3.63) is 70.9 Å². The van der Waals surface area contributed by atoms with Gasteiger partial charge in [0.25, 0.3) is 0 Å². The average molecular weight is 440 g/mol. The lowest BCUT2D eigenvalue weighted by atomic mass is 10.1. The average Bonchev–Trinajstić information content (AvgIpc) is 3.34. The third-order valence-corrected chi connectivity index (χ3v) is 5.44. The van der Waals surface area contributed by atoms with E-state index in [-0.39, 0.29) is 11.7 Å². The molecule has 0 aliphatic heterocycles. The van der Waals surface area contributed by atoms with Gasteiger partial charge >= 0.3 is 0 Å². The van der Waals surface area contributed by atoms with Crippen LogP contribution in [-0.2, 0) is 4.79 Å². The van der Waals surface area contributed by atoms with E-state index in [2.05, 4.69) is 20.7 Å². The molecule has 4 rings (SSSR count). The lowest BCUT2D eigenvalue weighted by molar-refractivity contribution is -0.113. The molecule has 0 unspecified atom stereocenters. The Morgan fingerprint density at radius 1 is 1.10 bits per heavy atom. The van der Waals surface area contributed by atoms with Crippen LogP contribution in [0.4, 0.5) is 5.82 Å². The lowest BCUT2D eigenvalue weighted by Gasteiger charge is -2.10. The van der Waals surface area contributed by atoms with E-state index in [0.29, 0.717) is 27.6 Å². The smallest absolute Gasteiger partial charge is 0.236 e. The Bertz CT molecular complexity index is 1170. The molecule has 1 amide bonds. The predicted octanol–water partition coefficient (Wildman–Crippen LogP) is 4.92. The highest BCUT2D eigenvalue weighted by atomic mass is 35.5. The number of aryl methyl sites for hydroxylation is 2. The van der Waals surface area contributed by atoms with Crippen molar-refractivity contribution in [3.8, 4) is 17.1 Å². The Hall–Kier alpha value is -3.10. The third kappa shape index (κ3) is 4.55. The van der Waals surface area contributed by atoms with E-state index in [9.17, 15) is 4.79 Å². The molecule has 0 atom stereocenters. The van der Waals surface area contributed by atoms with Crippen molar-refractivity contribution < 1.29 is 9.32 Å². The summed E-state index contributed by atoms with van der Waals surface area (Å²) in [5.74, 6) is 1.63. The highest BCUT2D eigenvalue weighted by Gasteiger charge is 2.18. The zero-order valence-corrected chi connectivity index (χ0v) is 17.9. The Balaban J connectivity index is 1.61. The molecule has 2 aromatic carbocycles. The summed E-state index contributed by atoms with van der Waals surface area (Å²) in [6, 6.07) is 17.1. The largest absolute Gasteiger partial charge is 0.360 e. The first kappa shape index (κ1) is 20.2. The van der Waals surface area contributed by atoms with Crippen LogP contribution in [0.15, 0.2) is 64.3 Å². The van der Waals surface area contributed by atoms with Crippen molar-refractivity contribution >= 4 is 35.1 Å². The molecule has 0 bridgehead atoms. The normalized spacial score (nSPS) is 10.9. The molecule has 0 radical (unpaired) electrons. The van der Waals surface area contributed by atoms with E-state index >= 15 is 0 Å². The number of halogens is 1. The molecule has 4 aromatic rings. The number of carbonyl (C=O) groups is 1. The van der Waals surface area contributed by atoms with Crippen LogP contribution >= 0.6 is 23.4 Å². The number of nitrogens with zero attached hydrogens (tertiary/aromatic N) is 4. The number of nitrogens with one attached hydrogen (secondary N) is 1. The topological polar surface area (TPSA) is 85.8 Å². The van der Waals surface area contributed by atoms with E-state index in [4.69, 9.17) is 16.1 Å². The first-order valence-electron chi connectivity index (χ1n) is 9.14. The number of amides is 1. The molecule has 152 valence electrons. The van der Waals surface area contributed by atoms with Crippen molar-refractivity contribution in [1.82, 2.24) is 19.9 Å². The second kappa shape index (κ2) is 8.73. The fraction of sp³-hybridized carbons (Fsp3) is 0.143. The van der Waals surface area contributed by atoms with Crippen LogP contribution < -0.4 is 5.32 Å². The maximum atomic E-state index is 12.3. The molecule has 2 aromatic heterocycles. The number of thioether (sulfide) groups is 1. The molecular formula is C21H18ClN5O2S. The Morgan fingerprint density at radius 2 is 1.83 bits per heavy atom. The highest BCUT2D eigenvalue weighted by molar-refractivity contribution is 7.99. The minimum absolute atomic E-state index is 0.144. The van der Waals surface area contributed by atoms with Crippen molar-refractivity contribution in [1.29, 1.82) is 0 Å². The van der Waals surface area contributed by atoms with Gasteiger partial charge in [0.2, 0.25) is 5.91 Å². The quantitative estimate of drug-likeness (QED) is 0.429. The van der Waals surface area contributed by atoms with Gasteiger partial charge in [-0.3, -0.25) is 9.36 Å². The SMILES string of the molecule is Cc1ccc(-c2nnc(SCC(=O)Nc3cc(C)on3)n2-c2ccc(Cl)cc2)cc1. The molecule has 0 saturated carbocycles. The zero-order chi connectivity index (χ0) is 21.1. The van der Waals surface area contributed by atoms with Crippen LogP contribution in [0, 0.1) is 13.8 Å². The summed E-state index contributed by atoms with van der Waals surface area (Å²) in [6.07, 6.45) is 0. The van der Waals surface area contributed by atoms with Gasteiger partial charge in [0.05, 0.1) is 5.75 Å². The highest BCUT2D eigenvalue weighted by Crippen LogP contribution is 2.29. The van der Waals surface area contributed by atoms with Crippen LogP contribution in [0.3, 0.4) is 0 Å². The molecule has 9 heteroatoms. The molecule has 30 heavy (non-hydrogen) atoms. The summed E-state index contributed by atoms with van der Waals surface area (Å²) >= 11 is 7.34. The number of carbonyl (C=O) groups excluding carboxylic acids is 1. The molecule has 0 aliphatic carbocycles. The van der Waals surface area contributed by atoms with Crippen molar-refractivity contribution in [2.75, 3.05) is 11.1 Å². The van der Waals surface area contributed by atoms with Gasteiger partial charge < -0.3 is 9.84 Å². The minimum Gasteiger partial charge on any atom is -0.360 e. The summed E-state index contributed by atoms with van der Waals surface area (Å²) in [5.41, 5.74) is 2.94. The standard InChI is InChI=1S/C21H18ClN5O2S/c1-13-3-5-15(6-4-13)20-24-25-21(27(20)17-9-7-16(22)8-10-17)30-12-19(28)23-18-11-14(2)29-26-18/h3-11H,12H2,1-2H3,(H,23,26,28). The molecule has 1 N–H and O–H groups in total. The van der Waals surface area contributed by atoms with Crippen LogP contribution in [0.2, 0.25) is 5.02 Å². The first-order valence-corrected chi connectivity index (χ1v) is 10.5. The van der Waals surface area contributed by atoms with Gasteiger partial charge in [0.1, 0.15) is 5.76 Å². The predicted molar refractivity (Wildman–Crippen MR) is 117 cm³/mol. The van der Waals surface area contributed by atoms with E-state index in [0.717, 1.165) is 16.8 Å². The van der Waals surface area contributed by atoms with E-state index in [1.54, 1.807) is 13.0 Å². The fourth-order valence-corrected chi connectivity index (χ4v) is 3.69. The van der Waals surface area contributed by atoms with Gasteiger partial charge in [-0.2, -0.15) is 0 Å². The van der Waals surface area contributed by atoms with Crippen molar-refractivity contribution in [2.24, 2.45) is 0 Å². The van der Waals surface area contributed by atoms with Crippen molar-refractivity contribution in [2.45, 2.75) is 19.0 Å². The van der Waals surface area contributed by atoms with Gasteiger partial charge in [-0.1, -0.05) is 58.3 Å². The number of rotatable bonds is 6. The molecule has 2 heterocycles. The lowest BCUT2D eigenvalue weighted by Crippen LogP contribution is -2.14. The fourth-order valence-electron chi connectivity index (χ4n) is 2.81. The number of hydrogen-bond donors (Lipinski definition) is 1. The number of anilines is 1. The molecule has 0 spiro atoms. The Labute approximate surface area is 182 Å². The van der Waals surface area contributed by atoms with Crippen LogP contribution in [0.5, 0.6) is 0 Å². The van der Waals surface area contributed by atoms with Gasteiger partial charge in [-0.15, -0.1) is 10.2 Å². The molecule has 7 nitrogen and oxygen atoms in total. The van der Waals surface area contributed by atoms with Gasteiger partial charge in [0, 0.05) is 22.3 Å². The van der Waals surface area contributed by atoms with Gasteiger partial charge in [0.15, 0.2) is 16.8 Å². The monoisotopic (exact) mass is 439 g/mol. The Morgan fingerprint density at radius 3 is 2.50 bits per heavy atom. The number of aromatic nitrogens is 4. The molecule has 0 saturated heterocycles.